The second-order valence-corrected chi connectivity index (χ2v) is 4.56. The van der Waals surface area contributed by atoms with Crippen molar-refractivity contribution in [1.29, 1.82) is 0 Å². The highest BCUT2D eigenvalue weighted by Gasteiger charge is 2.11. The first-order chi connectivity index (χ1) is 9.95. The first-order valence-corrected chi connectivity index (χ1v) is 6.43. The van der Waals surface area contributed by atoms with E-state index in [1.165, 1.54) is 24.1 Å². The molecule has 0 atom stereocenters. The zero-order valence-electron chi connectivity index (χ0n) is 12.4. The molecule has 8 heteroatoms. The number of hydrogen-bond acceptors (Lipinski definition) is 5. The summed E-state index contributed by atoms with van der Waals surface area (Å²) in [5.74, 6) is 0.588. The van der Waals surface area contributed by atoms with Crippen LogP contribution in [0, 0.1) is 10.1 Å². The van der Waals surface area contributed by atoms with Gasteiger partial charge in [0.15, 0.2) is 0 Å². The molecule has 0 aliphatic heterocycles. The van der Waals surface area contributed by atoms with Gasteiger partial charge in [0, 0.05) is 51.4 Å². The van der Waals surface area contributed by atoms with Crippen molar-refractivity contribution in [3.05, 3.63) is 33.9 Å². The monoisotopic (exact) mass is 296 g/mol. The molecule has 1 aromatic rings. The third-order valence-corrected chi connectivity index (χ3v) is 2.77. The lowest BCUT2D eigenvalue weighted by molar-refractivity contribution is -0.384. The minimum absolute atomic E-state index is 0.0218. The topological polar surface area (TPSA) is 96.7 Å². The molecule has 0 saturated carbocycles. The van der Waals surface area contributed by atoms with Gasteiger partial charge in [0.05, 0.1) is 12.0 Å². The maximum atomic E-state index is 11.3. The molecular weight excluding hydrogens is 276 g/mol. The van der Waals surface area contributed by atoms with E-state index in [1.54, 1.807) is 20.2 Å². The zero-order chi connectivity index (χ0) is 15.8. The summed E-state index contributed by atoms with van der Waals surface area (Å²) in [6.07, 6.45) is 0. The van der Waals surface area contributed by atoms with Gasteiger partial charge < -0.3 is 20.3 Å². The summed E-state index contributed by atoms with van der Waals surface area (Å²) < 4.78 is 5.17. The number of rotatable bonds is 7. The van der Waals surface area contributed by atoms with Crippen LogP contribution in [0.4, 0.5) is 10.5 Å². The maximum Gasteiger partial charge on any atom is 0.316 e. The normalized spacial score (nSPS) is 10.0. The summed E-state index contributed by atoms with van der Waals surface area (Å²) in [6, 6.07) is 4.29. The average Bonchev–Trinajstić information content (AvgIpc) is 2.46. The highest BCUT2D eigenvalue weighted by molar-refractivity contribution is 5.73. The third kappa shape index (κ3) is 5.27. The summed E-state index contributed by atoms with van der Waals surface area (Å²) in [5.41, 5.74) is 0.721. The van der Waals surface area contributed by atoms with Gasteiger partial charge in [0.25, 0.3) is 5.69 Å². The molecule has 0 spiro atoms. The maximum absolute atomic E-state index is 11.3. The summed E-state index contributed by atoms with van der Waals surface area (Å²) in [5, 5.41) is 16.6. The Bertz CT molecular complexity index is 505. The smallest absolute Gasteiger partial charge is 0.316 e. The number of amides is 2. The largest absolute Gasteiger partial charge is 0.496 e. The Balaban J connectivity index is 2.49. The Morgan fingerprint density at radius 1 is 1.38 bits per heavy atom. The van der Waals surface area contributed by atoms with Crippen LogP contribution in [0.5, 0.6) is 5.75 Å². The van der Waals surface area contributed by atoms with Crippen LogP contribution in [-0.2, 0) is 6.54 Å². The van der Waals surface area contributed by atoms with Crippen molar-refractivity contribution in [1.82, 2.24) is 15.5 Å². The van der Waals surface area contributed by atoms with Crippen molar-refractivity contribution >= 4 is 11.7 Å². The minimum atomic E-state index is -0.444. The predicted octanol–water partition coefficient (Wildman–Crippen LogP) is 0.964. The van der Waals surface area contributed by atoms with E-state index in [4.69, 9.17) is 4.74 Å². The van der Waals surface area contributed by atoms with Gasteiger partial charge >= 0.3 is 6.03 Å². The number of benzene rings is 1. The summed E-state index contributed by atoms with van der Waals surface area (Å²) in [4.78, 5) is 23.1. The molecule has 0 saturated heterocycles. The van der Waals surface area contributed by atoms with Crippen LogP contribution in [0.15, 0.2) is 18.2 Å². The standard InChI is InChI=1S/C13H20N4O4/c1-16(2)13(18)15-7-6-14-9-10-8-11(17(19)20)4-5-12(10)21-3/h4-5,8,14H,6-7,9H2,1-3H3,(H,15,18). The van der Waals surface area contributed by atoms with Gasteiger partial charge in [0.1, 0.15) is 5.75 Å². The molecule has 0 bridgehead atoms. The molecule has 0 radical (unpaired) electrons. The number of ether oxygens (including phenoxy) is 1. The fourth-order valence-corrected chi connectivity index (χ4v) is 1.66. The van der Waals surface area contributed by atoms with Gasteiger partial charge in [-0.05, 0) is 6.07 Å². The number of carbonyl (C=O) groups is 1. The van der Waals surface area contributed by atoms with E-state index < -0.39 is 4.92 Å². The molecule has 116 valence electrons. The van der Waals surface area contributed by atoms with Crippen LogP contribution in [0.2, 0.25) is 0 Å². The van der Waals surface area contributed by atoms with Crippen molar-refractivity contribution in [2.24, 2.45) is 0 Å². The summed E-state index contributed by atoms with van der Waals surface area (Å²) >= 11 is 0. The Kier molecular flexibility index (Phi) is 6.41. The van der Waals surface area contributed by atoms with Crippen molar-refractivity contribution in [2.75, 3.05) is 34.3 Å². The lowest BCUT2D eigenvalue weighted by Gasteiger charge is -2.13. The van der Waals surface area contributed by atoms with E-state index in [-0.39, 0.29) is 11.7 Å². The fraction of sp³-hybridized carbons (Fsp3) is 0.462. The highest BCUT2D eigenvalue weighted by Crippen LogP contribution is 2.23. The molecular formula is C13H20N4O4. The minimum Gasteiger partial charge on any atom is -0.496 e. The molecule has 8 nitrogen and oxygen atoms in total. The number of nitrogens with one attached hydrogen (secondary N) is 2. The Labute approximate surface area is 123 Å². The molecule has 0 aliphatic carbocycles. The molecule has 2 amide bonds. The van der Waals surface area contributed by atoms with E-state index in [0.717, 1.165) is 0 Å². The van der Waals surface area contributed by atoms with Gasteiger partial charge in [-0.25, -0.2) is 4.79 Å². The Morgan fingerprint density at radius 3 is 2.67 bits per heavy atom. The van der Waals surface area contributed by atoms with E-state index in [9.17, 15) is 14.9 Å². The van der Waals surface area contributed by atoms with Crippen molar-refractivity contribution in [3.63, 3.8) is 0 Å². The van der Waals surface area contributed by atoms with Crippen LogP contribution in [0.25, 0.3) is 0 Å². The lowest BCUT2D eigenvalue weighted by atomic mass is 10.1. The SMILES string of the molecule is COc1ccc([N+](=O)[O-])cc1CNCCNC(=O)N(C)C. The Hall–Kier alpha value is -2.35. The van der Waals surface area contributed by atoms with Crippen LogP contribution in [0.1, 0.15) is 5.56 Å². The van der Waals surface area contributed by atoms with Crippen LogP contribution >= 0.6 is 0 Å². The van der Waals surface area contributed by atoms with Gasteiger partial charge in [-0.15, -0.1) is 0 Å². The third-order valence-electron chi connectivity index (χ3n) is 2.77. The first-order valence-electron chi connectivity index (χ1n) is 6.43. The molecule has 0 unspecified atom stereocenters. The van der Waals surface area contributed by atoms with Gasteiger partial charge in [-0.3, -0.25) is 10.1 Å². The molecule has 0 heterocycles. The fourth-order valence-electron chi connectivity index (χ4n) is 1.66. The second kappa shape index (κ2) is 8.05. The molecule has 2 N–H and O–H groups in total. The van der Waals surface area contributed by atoms with E-state index in [2.05, 4.69) is 10.6 Å². The molecule has 0 aromatic heterocycles. The lowest BCUT2D eigenvalue weighted by Crippen LogP contribution is -2.38. The molecule has 0 aliphatic rings. The predicted molar refractivity (Wildman–Crippen MR) is 78.4 cm³/mol. The number of methoxy groups -OCH3 is 1. The van der Waals surface area contributed by atoms with Gasteiger partial charge in [0.2, 0.25) is 0 Å². The van der Waals surface area contributed by atoms with Crippen LogP contribution < -0.4 is 15.4 Å². The zero-order valence-corrected chi connectivity index (χ0v) is 12.4. The van der Waals surface area contributed by atoms with Crippen molar-refractivity contribution < 1.29 is 14.5 Å². The number of nitro benzene ring substituents is 1. The molecule has 21 heavy (non-hydrogen) atoms. The van der Waals surface area contributed by atoms with Crippen molar-refractivity contribution in [2.45, 2.75) is 6.54 Å². The molecule has 0 fully saturated rings. The molecule has 1 aromatic carbocycles. The van der Waals surface area contributed by atoms with Crippen LogP contribution in [0.3, 0.4) is 0 Å². The number of urea groups is 1. The second-order valence-electron chi connectivity index (χ2n) is 4.56. The quantitative estimate of drug-likeness (QED) is 0.444. The Morgan fingerprint density at radius 2 is 2.10 bits per heavy atom. The average molecular weight is 296 g/mol. The van der Waals surface area contributed by atoms with E-state index in [1.807, 2.05) is 0 Å². The van der Waals surface area contributed by atoms with Gasteiger partial charge in [-0.1, -0.05) is 0 Å². The number of carbonyl (C=O) groups excluding carboxylic acids is 1. The summed E-state index contributed by atoms with van der Waals surface area (Å²) in [6.45, 7) is 1.43. The van der Waals surface area contributed by atoms with Gasteiger partial charge in [-0.2, -0.15) is 0 Å². The van der Waals surface area contributed by atoms with E-state index in [0.29, 0.717) is 30.9 Å². The highest BCUT2D eigenvalue weighted by atomic mass is 16.6. The van der Waals surface area contributed by atoms with Crippen molar-refractivity contribution in [3.8, 4) is 5.75 Å². The number of nitro groups is 1. The summed E-state index contributed by atoms with van der Waals surface area (Å²) in [7, 11) is 4.84. The number of hydrogen-bond donors (Lipinski definition) is 2. The van der Waals surface area contributed by atoms with E-state index >= 15 is 0 Å². The van der Waals surface area contributed by atoms with Crippen LogP contribution in [-0.4, -0.2) is 50.1 Å². The first kappa shape index (κ1) is 16.7. The number of nitrogens with zero attached hydrogens (tertiary/aromatic N) is 2. The molecule has 1 rings (SSSR count). The number of non-ortho nitro benzene ring substituents is 1.